The molecule has 8 fully saturated rings. The molecule has 0 aromatic heterocycles. The van der Waals surface area contributed by atoms with Crippen LogP contribution in [0, 0.1) is 46.3 Å². The Morgan fingerprint density at radius 3 is 1.87 bits per heavy atom. The van der Waals surface area contributed by atoms with E-state index < -0.39 is 124 Å². The van der Waals surface area contributed by atoms with E-state index in [1.165, 1.54) is 5.57 Å². The first-order chi connectivity index (χ1) is 30.0. The van der Waals surface area contributed by atoms with Gasteiger partial charge >= 0.3 is 0 Å². The third-order valence-corrected chi connectivity index (χ3v) is 17.7. The number of aliphatic hydroxyl groups is 10. The summed E-state index contributed by atoms with van der Waals surface area (Å²) in [5.74, 6) is 2.47. The standard InChI is InChI=1S/C45H72O18/c1-19-7-12-45(56-18-19)20(2)30-26(63-45)14-25-23-6-5-21-13-22(8-10-43(21,3)24(23)9-11-44(25,30)4)57-42-39(62-41-36(54)34(52)32(50)28(16-47)59-41)37(55)38(29(17-48)60-42)61-40-35(53)33(51)31(49)27(15-46)58-40/h5,19-20,22-42,46-55H,6-18H2,1-4H3/t19-,20-,22+,23+,24-,25-,26-,27+,28+,29+,30-,31+,32+,33-,34-,35+,36+,37-,38+,39+,40-,41-,42+,43+,44-,45+/m1/s1. The average Bonchev–Trinajstić information content (AvgIpc) is 3.72. The van der Waals surface area contributed by atoms with Crippen molar-refractivity contribution in [3.63, 3.8) is 0 Å². The van der Waals surface area contributed by atoms with Gasteiger partial charge in [-0.05, 0) is 91.8 Å². The molecule has 3 saturated carbocycles. The highest BCUT2D eigenvalue weighted by molar-refractivity contribution is 5.26. The van der Waals surface area contributed by atoms with Crippen molar-refractivity contribution in [2.24, 2.45) is 46.3 Å². The summed E-state index contributed by atoms with van der Waals surface area (Å²) in [5, 5.41) is 106. The van der Waals surface area contributed by atoms with E-state index in [4.69, 9.17) is 37.9 Å². The molecule has 9 aliphatic rings. The van der Waals surface area contributed by atoms with Gasteiger partial charge in [0, 0.05) is 12.3 Å². The average molecular weight is 901 g/mol. The number of allylic oxidation sites excluding steroid dienone is 1. The predicted molar refractivity (Wildman–Crippen MR) is 216 cm³/mol. The van der Waals surface area contributed by atoms with Crippen molar-refractivity contribution in [2.75, 3.05) is 26.4 Å². The van der Waals surface area contributed by atoms with Gasteiger partial charge in [0.25, 0.3) is 0 Å². The zero-order valence-electron chi connectivity index (χ0n) is 36.8. The van der Waals surface area contributed by atoms with Crippen LogP contribution in [0.4, 0.5) is 0 Å². The largest absolute Gasteiger partial charge is 0.394 e. The summed E-state index contributed by atoms with van der Waals surface area (Å²) in [6, 6.07) is 0. The van der Waals surface area contributed by atoms with Gasteiger partial charge in [0.2, 0.25) is 0 Å². The molecule has 1 spiro atoms. The van der Waals surface area contributed by atoms with Crippen LogP contribution in [-0.4, -0.2) is 188 Å². The van der Waals surface area contributed by atoms with Crippen molar-refractivity contribution < 1.29 is 89.0 Å². The van der Waals surface area contributed by atoms with Crippen LogP contribution in [0.2, 0.25) is 0 Å². The van der Waals surface area contributed by atoms with Gasteiger partial charge in [-0.3, -0.25) is 0 Å². The van der Waals surface area contributed by atoms with E-state index >= 15 is 0 Å². The van der Waals surface area contributed by atoms with Crippen LogP contribution in [0.15, 0.2) is 11.6 Å². The number of ether oxygens (including phenoxy) is 8. The number of hydrogen-bond acceptors (Lipinski definition) is 18. The van der Waals surface area contributed by atoms with Crippen LogP contribution in [0.3, 0.4) is 0 Å². The topological polar surface area (TPSA) is 276 Å². The van der Waals surface area contributed by atoms with Crippen LogP contribution < -0.4 is 0 Å². The fourth-order valence-electron chi connectivity index (χ4n) is 14.1. The van der Waals surface area contributed by atoms with Crippen molar-refractivity contribution in [2.45, 2.75) is 196 Å². The smallest absolute Gasteiger partial charge is 0.187 e. The molecule has 0 radical (unpaired) electrons. The lowest BCUT2D eigenvalue weighted by molar-refractivity contribution is -0.391. The van der Waals surface area contributed by atoms with E-state index in [0.29, 0.717) is 48.3 Å². The fourth-order valence-corrected chi connectivity index (χ4v) is 14.1. The normalized spacial score (nSPS) is 56.9. The third kappa shape index (κ3) is 7.81. The Hall–Kier alpha value is -0.980. The number of rotatable bonds is 9. The number of hydrogen-bond donors (Lipinski definition) is 10. The molecule has 0 aromatic carbocycles. The van der Waals surface area contributed by atoms with Gasteiger partial charge in [0.1, 0.15) is 73.2 Å². The lowest BCUT2D eigenvalue weighted by atomic mass is 9.47. The minimum atomic E-state index is -1.84. The summed E-state index contributed by atoms with van der Waals surface area (Å²) >= 11 is 0. The first kappa shape index (κ1) is 47.1. The van der Waals surface area contributed by atoms with Gasteiger partial charge in [-0.2, -0.15) is 0 Å². The Kier molecular flexibility index (Phi) is 13.3. The molecule has 5 heterocycles. The Balaban J connectivity index is 0.922. The summed E-state index contributed by atoms with van der Waals surface area (Å²) < 4.78 is 49.7. The summed E-state index contributed by atoms with van der Waals surface area (Å²) in [7, 11) is 0. The zero-order chi connectivity index (χ0) is 44.9. The molecule has 0 unspecified atom stereocenters. The van der Waals surface area contributed by atoms with Crippen molar-refractivity contribution in [3.8, 4) is 0 Å². The first-order valence-corrected chi connectivity index (χ1v) is 23.5. The molecule has 0 amide bonds. The molecule has 63 heavy (non-hydrogen) atoms. The van der Waals surface area contributed by atoms with E-state index in [0.717, 1.165) is 51.6 Å². The Labute approximate surface area is 368 Å². The predicted octanol–water partition coefficient (Wildman–Crippen LogP) is -0.813. The maximum absolute atomic E-state index is 12.0. The Bertz CT molecular complexity index is 1630. The SMILES string of the molecule is C[C@@H]1CC[C@]2(OC1)O[C@@H]1C[C@@H]3[C@H]4CC=C5C[C@@H](O[C@H]6O[C@@H](CO)[C@H](O[C@H]7O[C@@H](CO)[C@H](O)[C@@H](O)[C@@H]7O)[C@@H](O)[C@@H]6O[C@H]6O[C@@H](CO)[C@H](O)[C@@H](O)[C@@H]6O)CC[C@]5(C)[C@@H]4CC[C@@]3(C)[C@@H]1[C@H]2C. The van der Waals surface area contributed by atoms with Crippen LogP contribution in [-0.2, 0) is 37.9 Å². The van der Waals surface area contributed by atoms with E-state index in [2.05, 4.69) is 33.8 Å². The highest BCUT2D eigenvalue weighted by Gasteiger charge is 2.69. The molecule has 26 atom stereocenters. The molecule has 0 aromatic rings. The Morgan fingerprint density at radius 1 is 0.651 bits per heavy atom. The lowest BCUT2D eigenvalue weighted by Gasteiger charge is -2.58. The maximum atomic E-state index is 12.0. The van der Waals surface area contributed by atoms with Crippen molar-refractivity contribution in [1.82, 2.24) is 0 Å². The first-order valence-electron chi connectivity index (χ1n) is 23.5. The van der Waals surface area contributed by atoms with E-state index in [1.54, 1.807) is 0 Å². The highest BCUT2D eigenvalue weighted by Crippen LogP contribution is 2.70. The van der Waals surface area contributed by atoms with Crippen LogP contribution >= 0.6 is 0 Å². The summed E-state index contributed by atoms with van der Waals surface area (Å²) in [6.45, 7) is 8.10. The monoisotopic (exact) mass is 900 g/mol. The highest BCUT2D eigenvalue weighted by atomic mass is 16.8. The number of aliphatic hydroxyl groups excluding tert-OH is 10. The van der Waals surface area contributed by atoms with Crippen molar-refractivity contribution in [1.29, 1.82) is 0 Å². The summed E-state index contributed by atoms with van der Waals surface area (Å²) in [5.41, 5.74) is 1.42. The second-order valence-electron chi connectivity index (χ2n) is 21.1. The van der Waals surface area contributed by atoms with Gasteiger partial charge < -0.3 is 89.0 Å². The molecule has 9 rings (SSSR count). The van der Waals surface area contributed by atoms with E-state index in [-0.39, 0.29) is 16.9 Å². The number of fused-ring (bicyclic) bond motifs is 7. The van der Waals surface area contributed by atoms with Gasteiger partial charge in [-0.15, -0.1) is 0 Å². The van der Waals surface area contributed by atoms with Gasteiger partial charge in [0.05, 0.1) is 38.6 Å². The summed E-state index contributed by atoms with van der Waals surface area (Å²) in [6.07, 6.45) is -13.8. The van der Waals surface area contributed by atoms with Crippen LogP contribution in [0.5, 0.6) is 0 Å². The lowest BCUT2D eigenvalue weighted by Crippen LogP contribution is -2.67. The third-order valence-electron chi connectivity index (χ3n) is 17.7. The maximum Gasteiger partial charge on any atom is 0.187 e. The van der Waals surface area contributed by atoms with Crippen LogP contribution in [0.1, 0.15) is 85.5 Å². The van der Waals surface area contributed by atoms with Crippen LogP contribution in [0.25, 0.3) is 0 Å². The van der Waals surface area contributed by atoms with Gasteiger partial charge in [-0.25, -0.2) is 0 Å². The molecule has 4 aliphatic carbocycles. The molecule has 5 saturated heterocycles. The Morgan fingerprint density at radius 2 is 1.27 bits per heavy atom. The quantitative estimate of drug-likeness (QED) is 0.127. The van der Waals surface area contributed by atoms with Gasteiger partial charge in [0.15, 0.2) is 24.7 Å². The second-order valence-corrected chi connectivity index (χ2v) is 21.1. The molecule has 18 heteroatoms. The van der Waals surface area contributed by atoms with Gasteiger partial charge in [-0.1, -0.05) is 39.3 Å². The molecule has 5 aliphatic heterocycles. The van der Waals surface area contributed by atoms with Crippen molar-refractivity contribution >= 4 is 0 Å². The minimum Gasteiger partial charge on any atom is -0.394 e. The minimum absolute atomic E-state index is 0.0603. The molecule has 0 bridgehead atoms. The fraction of sp³-hybridized carbons (Fsp3) is 0.956. The molecule has 18 nitrogen and oxygen atoms in total. The molecule has 360 valence electrons. The molecular weight excluding hydrogens is 828 g/mol. The second kappa shape index (κ2) is 17.8. The molecular formula is C45H72O18. The van der Waals surface area contributed by atoms with Crippen molar-refractivity contribution in [3.05, 3.63) is 11.6 Å². The van der Waals surface area contributed by atoms with E-state index in [9.17, 15) is 51.1 Å². The zero-order valence-corrected chi connectivity index (χ0v) is 36.8. The van der Waals surface area contributed by atoms with E-state index in [1.807, 2.05) is 0 Å². The molecule has 10 N–H and O–H groups in total. The summed E-state index contributed by atoms with van der Waals surface area (Å²) in [4.78, 5) is 0.